The van der Waals surface area contributed by atoms with Crippen LogP contribution in [0.2, 0.25) is 0 Å². The molecule has 2 aliphatic rings. The molecular weight excluding hydrogens is 464 g/mol. The highest BCUT2D eigenvalue weighted by molar-refractivity contribution is 7.22. The van der Waals surface area contributed by atoms with Crippen molar-refractivity contribution in [3.05, 3.63) is 52.1 Å². The summed E-state index contributed by atoms with van der Waals surface area (Å²) in [6.45, 7) is 4.00. The largest absolute Gasteiger partial charge is 0.356 e. The van der Waals surface area contributed by atoms with Crippen LogP contribution in [0.5, 0.6) is 0 Å². The maximum Gasteiger partial charge on any atom is 0.273 e. The Bertz CT molecular complexity index is 1300. The molecule has 0 radical (unpaired) electrons. The average Bonchev–Trinajstić information content (AvgIpc) is 3.49. The first-order valence-electron chi connectivity index (χ1n) is 12.3. The Balaban J connectivity index is 1.28. The van der Waals surface area contributed by atoms with Gasteiger partial charge in [0.25, 0.3) is 5.56 Å². The van der Waals surface area contributed by atoms with Crippen LogP contribution in [0, 0.1) is 5.92 Å². The number of carbonyl (C=O) groups excluding carboxylic acids is 2. The average molecular weight is 495 g/mol. The molecule has 0 spiro atoms. The van der Waals surface area contributed by atoms with Crippen molar-refractivity contribution in [1.29, 1.82) is 0 Å². The van der Waals surface area contributed by atoms with Crippen LogP contribution in [0.1, 0.15) is 49.8 Å². The first-order chi connectivity index (χ1) is 17.0. The molecule has 3 aromatic rings. The standard InChI is InChI=1S/C25H30N6O3S/c1-2-11-26-23(33)17-7-5-12-30(13-17)25-29-22-21(35-25)24(34)31(15-27-22)14-20(32)28-19-10-9-16-6-3-4-8-18(16)19/h3-4,6,8,15,17,19H,2,5,7,9-14H2,1H3,(H,26,33)(H,28,32)/t17-,19-/m0/s1. The number of thiazole rings is 1. The van der Waals surface area contributed by atoms with Crippen LogP contribution in [0.4, 0.5) is 5.13 Å². The molecule has 9 nitrogen and oxygen atoms in total. The van der Waals surface area contributed by atoms with E-state index in [2.05, 4.69) is 31.6 Å². The minimum absolute atomic E-state index is 0.0253. The van der Waals surface area contributed by atoms with E-state index in [9.17, 15) is 14.4 Å². The summed E-state index contributed by atoms with van der Waals surface area (Å²) in [7, 11) is 0. The molecule has 184 valence electrons. The SMILES string of the molecule is CCCNC(=O)[C@H]1CCCN(c2nc3ncn(CC(=O)N[C@H]4CCc5ccccc54)c(=O)c3s2)C1. The van der Waals surface area contributed by atoms with Crippen molar-refractivity contribution in [3.8, 4) is 0 Å². The smallest absolute Gasteiger partial charge is 0.273 e. The van der Waals surface area contributed by atoms with Gasteiger partial charge in [0.15, 0.2) is 10.8 Å². The third kappa shape index (κ3) is 4.93. The van der Waals surface area contributed by atoms with Crippen LogP contribution < -0.4 is 21.1 Å². The predicted molar refractivity (Wildman–Crippen MR) is 136 cm³/mol. The van der Waals surface area contributed by atoms with Crippen molar-refractivity contribution in [3.63, 3.8) is 0 Å². The van der Waals surface area contributed by atoms with Crippen molar-refractivity contribution in [1.82, 2.24) is 25.2 Å². The number of nitrogens with one attached hydrogen (secondary N) is 2. The Hall–Kier alpha value is -3.27. The topological polar surface area (TPSA) is 109 Å². The van der Waals surface area contributed by atoms with E-state index in [-0.39, 0.29) is 35.9 Å². The van der Waals surface area contributed by atoms with Crippen LogP contribution in [-0.2, 0) is 22.6 Å². The second kappa shape index (κ2) is 10.2. The van der Waals surface area contributed by atoms with Gasteiger partial charge in [-0.1, -0.05) is 42.5 Å². The van der Waals surface area contributed by atoms with Crippen LogP contribution in [0.15, 0.2) is 35.4 Å². The van der Waals surface area contributed by atoms with Crippen molar-refractivity contribution >= 4 is 38.6 Å². The number of piperidine rings is 1. The van der Waals surface area contributed by atoms with E-state index in [1.54, 1.807) is 0 Å². The number of rotatable bonds is 7. The number of anilines is 1. The number of amides is 2. The Labute approximate surface area is 207 Å². The molecule has 1 aliphatic heterocycles. The molecule has 1 fully saturated rings. The summed E-state index contributed by atoms with van der Waals surface area (Å²) in [5, 5.41) is 6.74. The number of carbonyl (C=O) groups is 2. The van der Waals surface area contributed by atoms with Gasteiger partial charge < -0.3 is 15.5 Å². The van der Waals surface area contributed by atoms with E-state index in [1.807, 2.05) is 25.1 Å². The van der Waals surface area contributed by atoms with Gasteiger partial charge in [0, 0.05) is 19.6 Å². The fourth-order valence-corrected chi connectivity index (χ4v) is 5.95. The molecule has 0 saturated carbocycles. The Kier molecular flexibility index (Phi) is 6.81. The number of nitrogens with zero attached hydrogens (tertiary/aromatic N) is 4. The molecule has 35 heavy (non-hydrogen) atoms. The minimum Gasteiger partial charge on any atom is -0.356 e. The monoisotopic (exact) mass is 494 g/mol. The third-order valence-electron chi connectivity index (χ3n) is 6.77. The molecule has 1 aromatic carbocycles. The molecule has 2 amide bonds. The molecule has 3 heterocycles. The Morgan fingerprint density at radius 3 is 2.94 bits per heavy atom. The zero-order valence-corrected chi connectivity index (χ0v) is 20.6. The summed E-state index contributed by atoms with van der Waals surface area (Å²) in [5.41, 5.74) is 2.53. The lowest BCUT2D eigenvalue weighted by Gasteiger charge is -2.31. The van der Waals surface area contributed by atoms with Gasteiger partial charge in [0.1, 0.15) is 17.6 Å². The quantitative estimate of drug-likeness (QED) is 0.522. The van der Waals surface area contributed by atoms with Gasteiger partial charge in [-0.2, -0.15) is 4.98 Å². The van der Waals surface area contributed by atoms with Crippen molar-refractivity contribution in [2.24, 2.45) is 5.92 Å². The fraction of sp³-hybridized carbons (Fsp3) is 0.480. The number of fused-ring (bicyclic) bond motifs is 2. The van der Waals surface area contributed by atoms with Gasteiger partial charge in [-0.05, 0) is 43.2 Å². The molecule has 0 unspecified atom stereocenters. The molecule has 1 aliphatic carbocycles. The number of hydrogen-bond donors (Lipinski definition) is 2. The molecule has 2 aromatic heterocycles. The van der Waals surface area contributed by atoms with E-state index in [0.29, 0.717) is 28.6 Å². The molecule has 0 bridgehead atoms. The van der Waals surface area contributed by atoms with E-state index >= 15 is 0 Å². The number of aromatic nitrogens is 3. The van der Waals surface area contributed by atoms with Crippen LogP contribution >= 0.6 is 11.3 Å². The normalized spacial score (nSPS) is 19.5. The Morgan fingerprint density at radius 2 is 2.09 bits per heavy atom. The first kappa shape index (κ1) is 23.5. The lowest BCUT2D eigenvalue weighted by Crippen LogP contribution is -2.43. The van der Waals surface area contributed by atoms with Gasteiger partial charge in [-0.3, -0.25) is 19.0 Å². The second-order valence-electron chi connectivity index (χ2n) is 9.26. The van der Waals surface area contributed by atoms with Gasteiger partial charge in [-0.15, -0.1) is 0 Å². The van der Waals surface area contributed by atoms with Gasteiger partial charge in [0.05, 0.1) is 12.0 Å². The van der Waals surface area contributed by atoms with Crippen molar-refractivity contribution < 1.29 is 9.59 Å². The van der Waals surface area contributed by atoms with Crippen molar-refractivity contribution in [2.45, 2.75) is 51.6 Å². The summed E-state index contributed by atoms with van der Waals surface area (Å²) in [4.78, 5) is 49.3. The number of aryl methyl sites for hydroxylation is 1. The first-order valence-corrected chi connectivity index (χ1v) is 13.1. The highest BCUT2D eigenvalue weighted by Gasteiger charge is 2.28. The van der Waals surface area contributed by atoms with Crippen LogP contribution in [0.25, 0.3) is 10.3 Å². The van der Waals surface area contributed by atoms with E-state index < -0.39 is 0 Å². The summed E-state index contributed by atoms with van der Waals surface area (Å²) >= 11 is 1.28. The third-order valence-corrected chi connectivity index (χ3v) is 7.86. The van der Waals surface area contributed by atoms with E-state index in [1.165, 1.54) is 27.8 Å². The molecule has 2 N–H and O–H groups in total. The fourth-order valence-electron chi connectivity index (χ4n) is 4.94. The number of hydrogen-bond acceptors (Lipinski definition) is 7. The summed E-state index contributed by atoms with van der Waals surface area (Å²) < 4.78 is 1.77. The predicted octanol–water partition coefficient (Wildman–Crippen LogP) is 2.40. The zero-order chi connectivity index (χ0) is 24.4. The highest BCUT2D eigenvalue weighted by atomic mass is 32.1. The zero-order valence-electron chi connectivity index (χ0n) is 19.8. The summed E-state index contributed by atoms with van der Waals surface area (Å²) in [6, 6.07) is 8.10. The lowest BCUT2D eigenvalue weighted by atomic mass is 9.97. The van der Waals surface area contributed by atoms with Gasteiger partial charge >= 0.3 is 0 Å². The molecule has 1 saturated heterocycles. The van der Waals surface area contributed by atoms with Crippen LogP contribution in [0.3, 0.4) is 0 Å². The maximum atomic E-state index is 13.1. The van der Waals surface area contributed by atoms with E-state index in [0.717, 1.165) is 44.2 Å². The lowest BCUT2D eigenvalue weighted by molar-refractivity contribution is -0.125. The summed E-state index contributed by atoms with van der Waals surface area (Å²) in [6.07, 6.45) is 5.85. The molecule has 5 rings (SSSR count). The Morgan fingerprint density at radius 1 is 1.23 bits per heavy atom. The minimum atomic E-state index is -0.269. The highest BCUT2D eigenvalue weighted by Crippen LogP contribution is 2.31. The number of benzene rings is 1. The van der Waals surface area contributed by atoms with Gasteiger partial charge in [0.2, 0.25) is 11.8 Å². The maximum absolute atomic E-state index is 13.1. The molecular formula is C25H30N6O3S. The van der Waals surface area contributed by atoms with Gasteiger partial charge in [-0.25, -0.2) is 4.98 Å². The molecule has 10 heteroatoms. The van der Waals surface area contributed by atoms with Crippen molar-refractivity contribution in [2.75, 3.05) is 24.5 Å². The second-order valence-corrected chi connectivity index (χ2v) is 10.2. The molecule has 2 atom stereocenters. The van der Waals surface area contributed by atoms with Crippen LogP contribution in [-0.4, -0.2) is 46.0 Å². The van der Waals surface area contributed by atoms with E-state index in [4.69, 9.17) is 0 Å². The summed E-state index contributed by atoms with van der Waals surface area (Å²) in [5.74, 6) is -0.220.